The van der Waals surface area contributed by atoms with E-state index in [1.165, 1.54) is 12.1 Å². The van der Waals surface area contributed by atoms with Gasteiger partial charge in [0.25, 0.3) is 5.69 Å². The number of aromatic nitrogens is 1. The lowest BCUT2D eigenvalue weighted by Crippen LogP contribution is -1.92. The van der Waals surface area contributed by atoms with E-state index in [0.29, 0.717) is 20.6 Å². The highest BCUT2D eigenvalue weighted by Crippen LogP contribution is 2.34. The largest absolute Gasteiger partial charge is 0.436 e. The van der Waals surface area contributed by atoms with Crippen molar-refractivity contribution in [3.05, 3.63) is 55.6 Å². The molecule has 2 rings (SSSR count). The van der Waals surface area contributed by atoms with E-state index in [4.69, 9.17) is 4.74 Å². The summed E-state index contributed by atoms with van der Waals surface area (Å²) >= 11 is 6.56. The Morgan fingerprint density at radius 2 is 2.00 bits per heavy atom. The number of nitro groups is 1. The summed E-state index contributed by atoms with van der Waals surface area (Å²) in [6.07, 6.45) is 1.57. The number of nitro benzene ring substituents is 1. The van der Waals surface area contributed by atoms with E-state index in [1.54, 1.807) is 24.4 Å². The van der Waals surface area contributed by atoms with Crippen molar-refractivity contribution in [3.63, 3.8) is 0 Å². The second kappa shape index (κ2) is 5.45. The Morgan fingerprint density at radius 3 is 2.67 bits per heavy atom. The Kier molecular flexibility index (Phi) is 3.93. The lowest BCUT2D eigenvalue weighted by Gasteiger charge is -2.07. The van der Waals surface area contributed by atoms with Gasteiger partial charge in [-0.2, -0.15) is 0 Å². The predicted octanol–water partition coefficient (Wildman–Crippen LogP) is 4.31. The maximum Gasteiger partial charge on any atom is 0.273 e. The summed E-state index contributed by atoms with van der Waals surface area (Å²) in [5, 5.41) is 10.7. The molecule has 18 heavy (non-hydrogen) atoms. The molecule has 0 aliphatic rings. The maximum atomic E-state index is 10.7. The molecule has 0 fully saturated rings. The molecular formula is C11H6Br2N2O3. The van der Waals surface area contributed by atoms with Crippen molar-refractivity contribution >= 4 is 37.5 Å². The van der Waals surface area contributed by atoms with E-state index in [-0.39, 0.29) is 5.69 Å². The summed E-state index contributed by atoms with van der Waals surface area (Å²) in [5.74, 6) is 0.683. The molecule has 0 aliphatic heterocycles. The predicted molar refractivity (Wildman–Crippen MR) is 72.8 cm³/mol. The highest BCUT2D eigenvalue weighted by molar-refractivity contribution is 9.11. The maximum absolute atomic E-state index is 10.7. The summed E-state index contributed by atoms with van der Waals surface area (Å²) in [6, 6.07) is 7.81. The van der Waals surface area contributed by atoms with Gasteiger partial charge in [-0.1, -0.05) is 0 Å². The van der Waals surface area contributed by atoms with Crippen LogP contribution < -0.4 is 4.74 Å². The van der Waals surface area contributed by atoms with Crippen LogP contribution in [0.15, 0.2) is 45.5 Å². The number of non-ortho nitro benzene ring substituents is 1. The first-order valence-electron chi connectivity index (χ1n) is 4.80. The van der Waals surface area contributed by atoms with Crippen LogP contribution in [-0.2, 0) is 0 Å². The molecule has 5 nitrogen and oxygen atoms in total. The Labute approximate surface area is 119 Å². The van der Waals surface area contributed by atoms with E-state index >= 15 is 0 Å². The fraction of sp³-hybridized carbons (Fsp3) is 0. The first-order valence-corrected chi connectivity index (χ1v) is 6.39. The van der Waals surface area contributed by atoms with Crippen LogP contribution in [0, 0.1) is 10.1 Å². The quantitative estimate of drug-likeness (QED) is 0.594. The van der Waals surface area contributed by atoms with Crippen LogP contribution in [0.3, 0.4) is 0 Å². The van der Waals surface area contributed by atoms with Gasteiger partial charge < -0.3 is 4.74 Å². The molecule has 0 saturated carbocycles. The molecule has 1 heterocycles. The molecule has 2 aromatic rings. The minimum absolute atomic E-state index is 0.0414. The smallest absolute Gasteiger partial charge is 0.273 e. The Morgan fingerprint density at radius 1 is 1.22 bits per heavy atom. The minimum Gasteiger partial charge on any atom is -0.436 e. The lowest BCUT2D eigenvalue weighted by atomic mass is 10.3. The van der Waals surface area contributed by atoms with Crippen LogP contribution >= 0.6 is 31.9 Å². The molecule has 0 saturated heterocycles. The molecule has 0 spiro atoms. The summed E-state index contributed by atoms with van der Waals surface area (Å²) in [4.78, 5) is 14.2. The van der Waals surface area contributed by atoms with Crippen molar-refractivity contribution in [3.8, 4) is 11.6 Å². The third-order valence-corrected chi connectivity index (χ3v) is 3.32. The zero-order chi connectivity index (χ0) is 13.1. The second-order valence-corrected chi connectivity index (χ2v) is 4.97. The number of halogens is 2. The Balaban J connectivity index is 2.37. The van der Waals surface area contributed by atoms with Gasteiger partial charge in [0.1, 0.15) is 0 Å². The molecule has 0 unspecified atom stereocenters. The minimum atomic E-state index is -0.479. The Hall–Kier alpha value is -1.47. The Bertz CT molecular complexity index is 605. The van der Waals surface area contributed by atoms with E-state index in [9.17, 15) is 10.1 Å². The first-order chi connectivity index (χ1) is 8.58. The van der Waals surface area contributed by atoms with E-state index in [0.717, 1.165) is 0 Å². The zero-order valence-electron chi connectivity index (χ0n) is 8.84. The summed E-state index contributed by atoms with van der Waals surface area (Å²) in [6.45, 7) is 0. The van der Waals surface area contributed by atoms with Gasteiger partial charge in [-0.25, -0.2) is 4.98 Å². The van der Waals surface area contributed by atoms with Crippen LogP contribution in [0.1, 0.15) is 0 Å². The second-order valence-electron chi connectivity index (χ2n) is 3.26. The van der Waals surface area contributed by atoms with E-state index in [1.807, 2.05) is 0 Å². The van der Waals surface area contributed by atoms with Crippen LogP contribution in [0.5, 0.6) is 11.6 Å². The number of nitrogens with zero attached hydrogens (tertiary/aromatic N) is 2. The normalized spacial score (nSPS) is 10.1. The molecule has 1 aromatic heterocycles. The fourth-order valence-corrected chi connectivity index (χ4v) is 1.90. The monoisotopic (exact) mass is 372 g/mol. The van der Waals surface area contributed by atoms with Gasteiger partial charge in [0, 0.05) is 12.3 Å². The van der Waals surface area contributed by atoms with Gasteiger partial charge in [-0.15, -0.1) is 0 Å². The van der Waals surface area contributed by atoms with Crippen LogP contribution in [0.4, 0.5) is 5.69 Å². The topological polar surface area (TPSA) is 65.3 Å². The molecular weight excluding hydrogens is 368 g/mol. The van der Waals surface area contributed by atoms with Crippen LogP contribution in [-0.4, -0.2) is 9.91 Å². The first kappa shape index (κ1) is 13.0. The lowest BCUT2D eigenvalue weighted by molar-refractivity contribution is -0.384. The molecule has 0 bridgehead atoms. The number of hydrogen-bond donors (Lipinski definition) is 0. The van der Waals surface area contributed by atoms with Crippen molar-refractivity contribution in [2.45, 2.75) is 0 Å². The number of benzene rings is 1. The molecule has 0 amide bonds. The van der Waals surface area contributed by atoms with Gasteiger partial charge in [0.15, 0.2) is 5.75 Å². The van der Waals surface area contributed by atoms with E-state index in [2.05, 4.69) is 36.8 Å². The van der Waals surface area contributed by atoms with E-state index < -0.39 is 4.92 Å². The number of hydrogen-bond acceptors (Lipinski definition) is 4. The van der Waals surface area contributed by atoms with Crippen LogP contribution in [0.25, 0.3) is 0 Å². The van der Waals surface area contributed by atoms with Gasteiger partial charge >= 0.3 is 0 Å². The standard InChI is InChI=1S/C11H6Br2N2O3/c12-8-4-3-7(15(16)17)6-10(8)18-11-9(13)2-1-5-14-11/h1-6H. The fourth-order valence-electron chi connectivity index (χ4n) is 1.23. The number of ether oxygens (including phenoxy) is 1. The van der Waals surface area contributed by atoms with Gasteiger partial charge in [-0.05, 0) is 50.1 Å². The third kappa shape index (κ3) is 2.85. The highest BCUT2D eigenvalue weighted by Gasteiger charge is 2.12. The zero-order valence-corrected chi connectivity index (χ0v) is 12.0. The van der Waals surface area contributed by atoms with Crippen LogP contribution in [0.2, 0.25) is 0 Å². The number of pyridine rings is 1. The summed E-state index contributed by atoms with van der Waals surface area (Å²) in [7, 11) is 0. The average molecular weight is 374 g/mol. The molecule has 7 heteroatoms. The molecule has 0 radical (unpaired) electrons. The third-order valence-electron chi connectivity index (χ3n) is 2.06. The van der Waals surface area contributed by atoms with Gasteiger partial charge in [-0.3, -0.25) is 10.1 Å². The van der Waals surface area contributed by atoms with Crippen molar-refractivity contribution in [1.82, 2.24) is 4.98 Å². The molecule has 0 aliphatic carbocycles. The van der Waals surface area contributed by atoms with Crippen molar-refractivity contribution in [2.24, 2.45) is 0 Å². The highest BCUT2D eigenvalue weighted by atomic mass is 79.9. The molecule has 0 N–H and O–H groups in total. The molecule has 0 atom stereocenters. The van der Waals surface area contributed by atoms with Gasteiger partial charge in [0.2, 0.25) is 5.88 Å². The number of rotatable bonds is 3. The van der Waals surface area contributed by atoms with Crippen molar-refractivity contribution in [2.75, 3.05) is 0 Å². The molecule has 1 aromatic carbocycles. The van der Waals surface area contributed by atoms with Crippen molar-refractivity contribution < 1.29 is 9.66 Å². The average Bonchev–Trinajstić information content (AvgIpc) is 2.34. The summed E-state index contributed by atoms with van der Waals surface area (Å²) < 4.78 is 6.81. The summed E-state index contributed by atoms with van der Waals surface area (Å²) in [5.41, 5.74) is -0.0414. The van der Waals surface area contributed by atoms with Gasteiger partial charge in [0.05, 0.1) is 19.9 Å². The SMILES string of the molecule is O=[N+]([O-])c1ccc(Br)c(Oc2ncccc2Br)c1. The molecule has 92 valence electrons. The van der Waals surface area contributed by atoms with Crippen molar-refractivity contribution in [1.29, 1.82) is 0 Å².